The predicted molar refractivity (Wildman–Crippen MR) is 64.3 cm³/mol. The third kappa shape index (κ3) is 2.94. The van der Waals surface area contributed by atoms with Gasteiger partial charge in [-0.3, -0.25) is 4.79 Å². The van der Waals surface area contributed by atoms with Crippen LogP contribution in [0, 0.1) is 5.92 Å². The lowest BCUT2D eigenvalue weighted by atomic mass is 9.90. The Morgan fingerprint density at radius 1 is 1.31 bits per heavy atom. The fraction of sp³-hybridized carbons (Fsp3) is 0.786. The lowest BCUT2D eigenvalue weighted by Crippen LogP contribution is -2.17. The highest BCUT2D eigenvalue weighted by Gasteiger charge is 2.29. The third-order valence-corrected chi connectivity index (χ3v) is 3.68. The fourth-order valence-corrected chi connectivity index (χ4v) is 2.68. The second-order valence-electron chi connectivity index (χ2n) is 5.12. The number of ketones is 1. The highest BCUT2D eigenvalue weighted by atomic mass is 16.5. The van der Waals surface area contributed by atoms with E-state index in [1.54, 1.807) is 0 Å². The van der Waals surface area contributed by atoms with Gasteiger partial charge in [0.15, 0.2) is 5.78 Å². The van der Waals surface area contributed by atoms with Crippen molar-refractivity contribution in [2.75, 3.05) is 6.61 Å². The van der Waals surface area contributed by atoms with Gasteiger partial charge in [-0.15, -0.1) is 0 Å². The highest BCUT2D eigenvalue weighted by molar-refractivity contribution is 5.97. The number of hydrogen-bond acceptors (Lipinski definition) is 2. The minimum atomic E-state index is 0.140. The molecule has 2 unspecified atom stereocenters. The number of ether oxygens (including phenoxy) is 1. The summed E-state index contributed by atoms with van der Waals surface area (Å²) >= 11 is 0. The summed E-state index contributed by atoms with van der Waals surface area (Å²) in [7, 11) is 0. The molecular weight excluding hydrogens is 200 g/mol. The average Bonchev–Trinajstić information content (AvgIpc) is 2.63. The molecule has 0 bridgehead atoms. The van der Waals surface area contributed by atoms with Gasteiger partial charge in [0.1, 0.15) is 0 Å². The summed E-state index contributed by atoms with van der Waals surface area (Å²) in [5.74, 6) is 0.506. The van der Waals surface area contributed by atoms with Crippen LogP contribution in [0.5, 0.6) is 0 Å². The lowest BCUT2D eigenvalue weighted by molar-refractivity contribution is -0.119. The molecule has 0 aromatic carbocycles. The monoisotopic (exact) mass is 222 g/mol. The van der Waals surface area contributed by atoms with Gasteiger partial charge in [-0.2, -0.15) is 0 Å². The van der Waals surface area contributed by atoms with Gasteiger partial charge < -0.3 is 4.74 Å². The molecule has 2 heteroatoms. The summed E-state index contributed by atoms with van der Waals surface area (Å²) < 4.78 is 5.49. The van der Waals surface area contributed by atoms with E-state index in [1.165, 1.54) is 25.7 Å². The van der Waals surface area contributed by atoms with Crippen molar-refractivity contribution >= 4 is 5.78 Å². The molecule has 0 N–H and O–H groups in total. The molecule has 2 rings (SSSR count). The molecular formula is C14H22O2. The molecule has 0 amide bonds. The molecule has 1 heterocycles. The Hall–Kier alpha value is -0.630. The zero-order valence-electron chi connectivity index (χ0n) is 10.2. The van der Waals surface area contributed by atoms with Crippen molar-refractivity contribution in [3.05, 3.63) is 11.6 Å². The molecule has 1 fully saturated rings. The zero-order chi connectivity index (χ0) is 11.4. The molecule has 0 saturated carbocycles. The van der Waals surface area contributed by atoms with Crippen LogP contribution in [0.3, 0.4) is 0 Å². The van der Waals surface area contributed by atoms with E-state index in [9.17, 15) is 4.79 Å². The molecule has 1 aliphatic carbocycles. The summed E-state index contributed by atoms with van der Waals surface area (Å²) in [6.45, 7) is 2.69. The zero-order valence-corrected chi connectivity index (χ0v) is 10.2. The minimum Gasteiger partial charge on any atom is -0.378 e. The van der Waals surface area contributed by atoms with E-state index in [0.717, 1.165) is 24.8 Å². The first-order valence-corrected chi connectivity index (χ1v) is 6.62. The second-order valence-corrected chi connectivity index (χ2v) is 5.12. The van der Waals surface area contributed by atoms with Gasteiger partial charge >= 0.3 is 0 Å². The van der Waals surface area contributed by atoms with Crippen molar-refractivity contribution in [3.8, 4) is 0 Å². The van der Waals surface area contributed by atoms with Crippen molar-refractivity contribution in [2.24, 2.45) is 5.92 Å². The molecule has 1 aliphatic heterocycles. The van der Waals surface area contributed by atoms with Crippen LogP contribution in [0.4, 0.5) is 0 Å². The maximum atomic E-state index is 12.3. The van der Waals surface area contributed by atoms with E-state index in [0.29, 0.717) is 12.4 Å². The van der Waals surface area contributed by atoms with E-state index < -0.39 is 0 Å². The van der Waals surface area contributed by atoms with Gasteiger partial charge in [-0.1, -0.05) is 18.9 Å². The van der Waals surface area contributed by atoms with Gasteiger partial charge in [0.25, 0.3) is 0 Å². The molecule has 2 aliphatic rings. The Balaban J connectivity index is 1.96. The summed E-state index contributed by atoms with van der Waals surface area (Å²) in [5, 5.41) is 0. The second kappa shape index (κ2) is 5.62. The van der Waals surface area contributed by atoms with Gasteiger partial charge in [-0.05, 0) is 44.6 Å². The Kier molecular flexibility index (Phi) is 4.16. The van der Waals surface area contributed by atoms with E-state index in [4.69, 9.17) is 4.74 Å². The normalized spacial score (nSPS) is 31.7. The van der Waals surface area contributed by atoms with E-state index >= 15 is 0 Å². The molecule has 2 nitrogen and oxygen atoms in total. The molecule has 0 aromatic heterocycles. The fourth-order valence-electron chi connectivity index (χ4n) is 2.68. The van der Waals surface area contributed by atoms with Crippen molar-refractivity contribution in [2.45, 2.75) is 58.0 Å². The van der Waals surface area contributed by atoms with Gasteiger partial charge in [0.2, 0.25) is 0 Å². The van der Waals surface area contributed by atoms with Gasteiger partial charge in [0, 0.05) is 5.92 Å². The number of rotatable bonds is 2. The summed E-state index contributed by atoms with van der Waals surface area (Å²) in [4.78, 5) is 12.3. The largest absolute Gasteiger partial charge is 0.378 e. The average molecular weight is 222 g/mol. The predicted octanol–water partition coefficient (Wildman–Crippen LogP) is 3.26. The van der Waals surface area contributed by atoms with Crippen molar-refractivity contribution in [1.29, 1.82) is 0 Å². The molecule has 1 saturated heterocycles. The number of carbonyl (C=O) groups is 1. The molecule has 0 aromatic rings. The van der Waals surface area contributed by atoms with E-state index in [-0.39, 0.29) is 12.0 Å². The number of carbonyl (C=O) groups excluding carboxylic acids is 1. The lowest BCUT2D eigenvalue weighted by Gasteiger charge is -2.13. The Morgan fingerprint density at radius 3 is 2.88 bits per heavy atom. The standard InChI is InChI=1S/C14H22O2/c1-11-9-13(10-16-11)14(15)12-7-5-3-2-4-6-8-12/h7,11,13H,2-6,8-10H2,1H3. The van der Waals surface area contributed by atoms with Crippen molar-refractivity contribution in [1.82, 2.24) is 0 Å². The molecule has 16 heavy (non-hydrogen) atoms. The Morgan fingerprint density at radius 2 is 2.12 bits per heavy atom. The summed E-state index contributed by atoms with van der Waals surface area (Å²) in [6, 6.07) is 0. The molecule has 0 radical (unpaired) electrons. The van der Waals surface area contributed by atoms with Crippen molar-refractivity contribution in [3.63, 3.8) is 0 Å². The number of Topliss-reactive ketones (excluding diaryl/α,β-unsaturated/α-hetero) is 1. The van der Waals surface area contributed by atoms with Gasteiger partial charge in [-0.25, -0.2) is 0 Å². The Bertz CT molecular complexity index is 280. The summed E-state index contributed by atoms with van der Waals surface area (Å²) in [5.41, 5.74) is 1.09. The van der Waals surface area contributed by atoms with Crippen LogP contribution in [0.25, 0.3) is 0 Å². The first-order valence-electron chi connectivity index (χ1n) is 6.62. The van der Waals surface area contributed by atoms with Crippen LogP contribution in [-0.2, 0) is 9.53 Å². The molecule has 0 spiro atoms. The summed E-state index contributed by atoms with van der Waals surface area (Å²) in [6.07, 6.45) is 10.5. The van der Waals surface area contributed by atoms with Crippen LogP contribution >= 0.6 is 0 Å². The topological polar surface area (TPSA) is 26.3 Å². The highest BCUT2D eigenvalue weighted by Crippen LogP contribution is 2.26. The molecule has 90 valence electrons. The third-order valence-electron chi connectivity index (χ3n) is 3.68. The van der Waals surface area contributed by atoms with Crippen LogP contribution in [0.15, 0.2) is 11.6 Å². The van der Waals surface area contributed by atoms with Crippen molar-refractivity contribution < 1.29 is 9.53 Å². The van der Waals surface area contributed by atoms with Crippen LogP contribution in [0.1, 0.15) is 51.9 Å². The molecule has 2 atom stereocenters. The maximum Gasteiger partial charge on any atom is 0.164 e. The van der Waals surface area contributed by atoms with Gasteiger partial charge in [0.05, 0.1) is 12.7 Å². The van der Waals surface area contributed by atoms with Crippen LogP contribution < -0.4 is 0 Å². The smallest absolute Gasteiger partial charge is 0.164 e. The SMILES string of the molecule is CC1CC(C(=O)C2=CCCCCCC2)CO1. The number of hydrogen-bond donors (Lipinski definition) is 0. The number of allylic oxidation sites excluding steroid dienone is 2. The van der Waals surface area contributed by atoms with E-state index in [1.807, 2.05) is 0 Å². The van der Waals surface area contributed by atoms with Crippen LogP contribution in [0.2, 0.25) is 0 Å². The quantitative estimate of drug-likeness (QED) is 0.717. The minimum absolute atomic E-state index is 0.140. The van der Waals surface area contributed by atoms with E-state index in [2.05, 4.69) is 13.0 Å². The maximum absolute atomic E-state index is 12.3. The Labute approximate surface area is 98.1 Å². The van der Waals surface area contributed by atoms with Crippen LogP contribution in [-0.4, -0.2) is 18.5 Å². The first-order chi connectivity index (χ1) is 7.77. The first kappa shape index (κ1) is 11.8.